The molecule has 0 spiro atoms. The third-order valence-electron chi connectivity index (χ3n) is 3.13. The average Bonchev–Trinajstić information content (AvgIpc) is 2.46. The molecule has 0 aliphatic heterocycles. The van der Waals surface area contributed by atoms with Crippen LogP contribution in [0.1, 0.15) is 31.9 Å². The molecule has 0 aliphatic rings. The van der Waals surface area contributed by atoms with Crippen LogP contribution in [0.2, 0.25) is 0 Å². The second kappa shape index (κ2) is 6.81. The van der Waals surface area contributed by atoms with E-state index in [9.17, 15) is 22.8 Å². The van der Waals surface area contributed by atoms with Crippen molar-refractivity contribution in [1.82, 2.24) is 0 Å². The minimum atomic E-state index is -4.58. The summed E-state index contributed by atoms with van der Waals surface area (Å²) in [7, 11) is 0. The number of hydrogen-bond acceptors (Lipinski definition) is 4. The van der Waals surface area contributed by atoms with Gasteiger partial charge < -0.3 is 9.47 Å². The molecule has 22 heavy (non-hydrogen) atoms. The number of carbonyl (C=O) groups excluding carboxylic acids is 2. The molecule has 1 aromatic rings. The summed E-state index contributed by atoms with van der Waals surface area (Å²) in [5.74, 6) is -1.90. The molecule has 122 valence electrons. The largest absolute Gasteiger partial charge is 0.465 e. The molecule has 7 heteroatoms. The van der Waals surface area contributed by atoms with Crippen molar-refractivity contribution in [2.75, 3.05) is 13.2 Å². The minimum absolute atomic E-state index is 0.00715. The van der Waals surface area contributed by atoms with Crippen molar-refractivity contribution in [3.05, 3.63) is 35.4 Å². The molecule has 0 atom stereocenters. The van der Waals surface area contributed by atoms with Gasteiger partial charge in [0.05, 0.1) is 18.8 Å². The zero-order valence-electron chi connectivity index (χ0n) is 12.5. The van der Waals surface area contributed by atoms with Crippen LogP contribution in [-0.4, -0.2) is 25.2 Å². The Morgan fingerprint density at radius 2 is 1.45 bits per heavy atom. The van der Waals surface area contributed by atoms with E-state index in [1.165, 1.54) is 26.8 Å². The maximum absolute atomic E-state index is 12.8. The predicted molar refractivity (Wildman–Crippen MR) is 72.1 cm³/mol. The third kappa shape index (κ3) is 3.58. The van der Waals surface area contributed by atoms with Gasteiger partial charge in [-0.3, -0.25) is 9.59 Å². The topological polar surface area (TPSA) is 52.6 Å². The second-order valence-electron chi connectivity index (χ2n) is 4.64. The number of benzene rings is 1. The Bertz CT molecular complexity index is 534. The lowest BCUT2D eigenvalue weighted by Gasteiger charge is -2.26. The summed E-state index contributed by atoms with van der Waals surface area (Å²) in [5, 5.41) is 0. The van der Waals surface area contributed by atoms with Crippen LogP contribution in [0.15, 0.2) is 24.3 Å². The molecule has 0 saturated heterocycles. The summed E-state index contributed by atoms with van der Waals surface area (Å²) in [5.41, 5.74) is -3.03. The van der Waals surface area contributed by atoms with E-state index in [1.54, 1.807) is 0 Å². The van der Waals surface area contributed by atoms with E-state index < -0.39 is 29.1 Å². The van der Waals surface area contributed by atoms with E-state index in [1.807, 2.05) is 0 Å². The van der Waals surface area contributed by atoms with Crippen molar-refractivity contribution in [3.63, 3.8) is 0 Å². The van der Waals surface area contributed by atoms with E-state index in [2.05, 4.69) is 0 Å². The second-order valence-corrected chi connectivity index (χ2v) is 4.64. The molecule has 4 nitrogen and oxygen atoms in total. The standard InChI is InChI=1S/C15H17F3O4/c1-4-21-12(19)14(3,13(20)22-5-2)10-7-6-8-11(9-10)15(16,17)18/h6-9H,4-5H2,1-3H3. The number of rotatable bonds is 5. The molecular weight excluding hydrogens is 301 g/mol. The van der Waals surface area contributed by atoms with Crippen molar-refractivity contribution in [2.24, 2.45) is 0 Å². The van der Waals surface area contributed by atoms with Crippen molar-refractivity contribution in [1.29, 1.82) is 0 Å². The highest BCUT2D eigenvalue weighted by atomic mass is 19.4. The Morgan fingerprint density at radius 3 is 1.86 bits per heavy atom. The first-order valence-electron chi connectivity index (χ1n) is 6.70. The third-order valence-corrected chi connectivity index (χ3v) is 3.13. The zero-order chi connectivity index (χ0) is 17.0. The van der Waals surface area contributed by atoms with Crippen LogP contribution in [0.25, 0.3) is 0 Å². The highest BCUT2D eigenvalue weighted by Gasteiger charge is 2.47. The quantitative estimate of drug-likeness (QED) is 0.618. The predicted octanol–water partition coefficient (Wildman–Crippen LogP) is 3.09. The SMILES string of the molecule is CCOC(=O)C(C)(C(=O)OCC)c1cccc(C(F)(F)F)c1. The molecular formula is C15H17F3O4. The summed E-state index contributed by atoms with van der Waals surface area (Å²) in [6.07, 6.45) is -4.58. The van der Waals surface area contributed by atoms with E-state index in [-0.39, 0.29) is 18.8 Å². The molecule has 1 aromatic carbocycles. The number of esters is 2. The fourth-order valence-electron chi connectivity index (χ4n) is 1.88. The number of carbonyl (C=O) groups is 2. The number of halogens is 3. The van der Waals surface area contributed by atoms with Crippen molar-refractivity contribution in [2.45, 2.75) is 32.4 Å². The lowest BCUT2D eigenvalue weighted by molar-refractivity contribution is -0.164. The van der Waals surface area contributed by atoms with E-state index >= 15 is 0 Å². The highest BCUT2D eigenvalue weighted by molar-refractivity contribution is 6.05. The van der Waals surface area contributed by atoms with Gasteiger partial charge in [0.2, 0.25) is 0 Å². The highest BCUT2D eigenvalue weighted by Crippen LogP contribution is 2.34. The van der Waals surface area contributed by atoms with Gasteiger partial charge in [0, 0.05) is 0 Å². The molecule has 0 aromatic heterocycles. The van der Waals surface area contributed by atoms with Crippen molar-refractivity contribution >= 4 is 11.9 Å². The van der Waals surface area contributed by atoms with Gasteiger partial charge in [-0.2, -0.15) is 13.2 Å². The van der Waals surface area contributed by atoms with Crippen LogP contribution in [-0.2, 0) is 30.7 Å². The van der Waals surface area contributed by atoms with Crippen LogP contribution in [0, 0.1) is 0 Å². The van der Waals surface area contributed by atoms with E-state index in [4.69, 9.17) is 9.47 Å². The Balaban J connectivity index is 3.39. The van der Waals surface area contributed by atoms with Gasteiger partial charge in [0.15, 0.2) is 5.41 Å². The summed E-state index contributed by atoms with van der Waals surface area (Å²) >= 11 is 0. The maximum Gasteiger partial charge on any atom is 0.416 e. The number of hydrogen-bond donors (Lipinski definition) is 0. The number of ether oxygens (including phenoxy) is 2. The first-order valence-corrected chi connectivity index (χ1v) is 6.70. The van der Waals surface area contributed by atoms with Gasteiger partial charge in [-0.15, -0.1) is 0 Å². The Hall–Kier alpha value is -2.05. The molecule has 0 saturated carbocycles. The Kier molecular flexibility index (Phi) is 5.57. The smallest absolute Gasteiger partial charge is 0.416 e. The zero-order valence-corrected chi connectivity index (χ0v) is 12.5. The molecule has 0 fully saturated rings. The molecule has 1 rings (SSSR count). The van der Waals surface area contributed by atoms with Gasteiger partial charge in [-0.25, -0.2) is 0 Å². The first kappa shape index (κ1) is 18.0. The van der Waals surface area contributed by atoms with Crippen LogP contribution in [0.3, 0.4) is 0 Å². The Labute approximate surface area is 126 Å². The summed E-state index contributed by atoms with van der Waals surface area (Å²) in [4.78, 5) is 24.3. The fraction of sp³-hybridized carbons (Fsp3) is 0.467. The van der Waals surface area contributed by atoms with Gasteiger partial charge in [-0.05, 0) is 32.4 Å². The molecule has 0 heterocycles. The van der Waals surface area contributed by atoms with Crippen molar-refractivity contribution in [3.8, 4) is 0 Å². The summed E-state index contributed by atoms with van der Waals surface area (Å²) in [6, 6.07) is 4.02. The van der Waals surface area contributed by atoms with Crippen LogP contribution in [0.4, 0.5) is 13.2 Å². The molecule has 0 aliphatic carbocycles. The van der Waals surface area contributed by atoms with Crippen LogP contribution in [0.5, 0.6) is 0 Å². The summed E-state index contributed by atoms with van der Waals surface area (Å²) in [6.45, 7) is 4.25. The molecule has 0 unspecified atom stereocenters. The molecule has 0 amide bonds. The van der Waals surface area contributed by atoms with Crippen LogP contribution < -0.4 is 0 Å². The normalized spacial score (nSPS) is 11.9. The Morgan fingerprint density at radius 1 is 1.00 bits per heavy atom. The van der Waals surface area contributed by atoms with Gasteiger partial charge in [0.25, 0.3) is 0 Å². The molecule has 0 bridgehead atoms. The van der Waals surface area contributed by atoms with Crippen molar-refractivity contribution < 1.29 is 32.2 Å². The summed E-state index contributed by atoms with van der Waals surface area (Å²) < 4.78 is 48.1. The number of alkyl halides is 3. The van der Waals surface area contributed by atoms with Crippen LogP contribution >= 0.6 is 0 Å². The van der Waals surface area contributed by atoms with Gasteiger partial charge in [0.1, 0.15) is 0 Å². The molecule has 0 N–H and O–H groups in total. The minimum Gasteiger partial charge on any atom is -0.465 e. The monoisotopic (exact) mass is 318 g/mol. The maximum atomic E-state index is 12.8. The molecule has 0 radical (unpaired) electrons. The van der Waals surface area contributed by atoms with Gasteiger partial charge in [-0.1, -0.05) is 18.2 Å². The first-order chi connectivity index (χ1) is 10.2. The van der Waals surface area contributed by atoms with E-state index in [0.29, 0.717) is 0 Å². The van der Waals surface area contributed by atoms with Gasteiger partial charge >= 0.3 is 18.1 Å². The average molecular weight is 318 g/mol. The lowest BCUT2D eigenvalue weighted by atomic mass is 9.81. The van der Waals surface area contributed by atoms with E-state index in [0.717, 1.165) is 18.2 Å². The fourth-order valence-corrected chi connectivity index (χ4v) is 1.88. The lowest BCUT2D eigenvalue weighted by Crippen LogP contribution is -2.43.